The lowest BCUT2D eigenvalue weighted by Gasteiger charge is -2.36. The fraction of sp³-hybridized carbons (Fsp3) is 0.185. The number of imidazole rings is 1. The van der Waals surface area contributed by atoms with E-state index in [0.29, 0.717) is 18.8 Å². The van der Waals surface area contributed by atoms with Gasteiger partial charge in [-0.2, -0.15) is 0 Å². The molecule has 0 atom stereocenters. The SMILES string of the molecule is COc1ccccc1N1CCN(C(=O)c2cn(-c3ccccc3)c(-c3ccccc3)n2)CC1. The lowest BCUT2D eigenvalue weighted by Crippen LogP contribution is -2.49. The number of benzene rings is 3. The van der Waals surface area contributed by atoms with E-state index in [1.54, 1.807) is 7.11 Å². The Morgan fingerprint density at radius 3 is 2.15 bits per heavy atom. The minimum atomic E-state index is -0.0402. The van der Waals surface area contributed by atoms with Crippen molar-refractivity contribution in [2.75, 3.05) is 38.2 Å². The van der Waals surface area contributed by atoms with Crippen LogP contribution in [0.4, 0.5) is 5.69 Å². The summed E-state index contributed by atoms with van der Waals surface area (Å²) >= 11 is 0. The number of carbonyl (C=O) groups is 1. The van der Waals surface area contributed by atoms with E-state index in [1.165, 1.54) is 0 Å². The van der Waals surface area contributed by atoms with Crippen molar-refractivity contribution in [3.05, 3.63) is 96.8 Å². The van der Waals surface area contributed by atoms with Gasteiger partial charge in [0.2, 0.25) is 0 Å². The smallest absolute Gasteiger partial charge is 0.274 e. The van der Waals surface area contributed by atoms with Crippen molar-refractivity contribution in [3.63, 3.8) is 0 Å². The molecule has 5 rings (SSSR count). The van der Waals surface area contributed by atoms with Gasteiger partial charge in [0, 0.05) is 43.6 Å². The zero-order valence-corrected chi connectivity index (χ0v) is 18.6. The van der Waals surface area contributed by atoms with E-state index in [4.69, 9.17) is 9.72 Å². The zero-order valence-electron chi connectivity index (χ0n) is 18.6. The predicted octanol–water partition coefficient (Wildman–Crippen LogP) is 4.51. The second-order valence-corrected chi connectivity index (χ2v) is 7.97. The van der Waals surface area contributed by atoms with Gasteiger partial charge in [-0.05, 0) is 24.3 Å². The van der Waals surface area contributed by atoms with Crippen LogP contribution in [-0.4, -0.2) is 53.6 Å². The summed E-state index contributed by atoms with van der Waals surface area (Å²) in [5.41, 5.74) is 3.47. The third-order valence-corrected chi connectivity index (χ3v) is 5.98. The number of hydrogen-bond donors (Lipinski definition) is 0. The molecule has 0 aliphatic carbocycles. The van der Waals surface area contributed by atoms with E-state index in [9.17, 15) is 4.79 Å². The van der Waals surface area contributed by atoms with Crippen molar-refractivity contribution in [1.82, 2.24) is 14.5 Å². The van der Waals surface area contributed by atoms with Crippen LogP contribution < -0.4 is 9.64 Å². The Kier molecular flexibility index (Phi) is 5.81. The number of nitrogens with zero attached hydrogens (tertiary/aromatic N) is 4. The quantitative estimate of drug-likeness (QED) is 0.460. The lowest BCUT2D eigenvalue weighted by molar-refractivity contribution is 0.0741. The number of carbonyl (C=O) groups excluding carboxylic acids is 1. The van der Waals surface area contributed by atoms with Crippen LogP contribution in [0.25, 0.3) is 17.1 Å². The first-order valence-corrected chi connectivity index (χ1v) is 11.1. The maximum atomic E-state index is 13.4. The van der Waals surface area contributed by atoms with Gasteiger partial charge in [-0.15, -0.1) is 0 Å². The third kappa shape index (κ3) is 4.20. The molecule has 6 heteroatoms. The average Bonchev–Trinajstić information content (AvgIpc) is 3.35. The molecule has 0 spiro atoms. The zero-order chi connectivity index (χ0) is 22.6. The first kappa shape index (κ1) is 20.8. The van der Waals surface area contributed by atoms with Crippen molar-refractivity contribution in [2.45, 2.75) is 0 Å². The van der Waals surface area contributed by atoms with Gasteiger partial charge in [-0.1, -0.05) is 60.7 Å². The fourth-order valence-corrected chi connectivity index (χ4v) is 4.26. The Balaban J connectivity index is 1.39. The minimum absolute atomic E-state index is 0.0402. The van der Waals surface area contributed by atoms with Gasteiger partial charge in [0.15, 0.2) is 0 Å². The van der Waals surface area contributed by atoms with Crippen molar-refractivity contribution in [2.24, 2.45) is 0 Å². The van der Waals surface area contributed by atoms with Crippen LogP contribution in [-0.2, 0) is 0 Å². The minimum Gasteiger partial charge on any atom is -0.495 e. The summed E-state index contributed by atoms with van der Waals surface area (Å²) in [6, 6.07) is 28.0. The first-order valence-electron chi connectivity index (χ1n) is 11.1. The Morgan fingerprint density at radius 1 is 0.818 bits per heavy atom. The van der Waals surface area contributed by atoms with Crippen LogP contribution in [0.15, 0.2) is 91.1 Å². The molecule has 166 valence electrons. The molecule has 2 heterocycles. The summed E-state index contributed by atoms with van der Waals surface area (Å²) in [6.07, 6.45) is 1.85. The second-order valence-electron chi connectivity index (χ2n) is 7.97. The highest BCUT2D eigenvalue weighted by Crippen LogP contribution is 2.29. The molecule has 1 aliphatic heterocycles. The van der Waals surface area contributed by atoms with Crippen molar-refractivity contribution in [3.8, 4) is 22.8 Å². The Labute approximate surface area is 193 Å². The van der Waals surface area contributed by atoms with Gasteiger partial charge in [0.05, 0.1) is 12.8 Å². The van der Waals surface area contributed by atoms with Crippen LogP contribution in [0.2, 0.25) is 0 Å². The average molecular weight is 439 g/mol. The molecule has 0 unspecified atom stereocenters. The number of methoxy groups -OCH3 is 1. The van der Waals surface area contributed by atoms with Crippen LogP contribution in [0.5, 0.6) is 5.75 Å². The van der Waals surface area contributed by atoms with Crippen molar-refractivity contribution < 1.29 is 9.53 Å². The normalized spacial score (nSPS) is 13.7. The standard InChI is InChI=1S/C27H26N4O2/c1-33-25-15-9-8-14-24(25)29-16-18-30(19-17-29)27(32)23-20-31(22-12-6-3-7-13-22)26(28-23)21-10-4-2-5-11-21/h2-15,20H,16-19H2,1H3. The van der Waals surface area contributed by atoms with E-state index < -0.39 is 0 Å². The number of amides is 1. The number of anilines is 1. The molecule has 3 aromatic carbocycles. The van der Waals surface area contributed by atoms with Crippen LogP contribution in [0.3, 0.4) is 0 Å². The summed E-state index contributed by atoms with van der Waals surface area (Å²) in [5.74, 6) is 1.57. The molecule has 6 nitrogen and oxygen atoms in total. The van der Waals surface area contributed by atoms with Gasteiger partial charge in [0.25, 0.3) is 5.91 Å². The molecule has 0 N–H and O–H groups in total. The maximum absolute atomic E-state index is 13.4. The van der Waals surface area contributed by atoms with Gasteiger partial charge >= 0.3 is 0 Å². The number of ether oxygens (including phenoxy) is 1. The maximum Gasteiger partial charge on any atom is 0.274 e. The second kappa shape index (κ2) is 9.20. The van der Waals surface area contributed by atoms with Crippen LogP contribution in [0, 0.1) is 0 Å². The number of aromatic nitrogens is 2. The summed E-state index contributed by atoms with van der Waals surface area (Å²) in [4.78, 5) is 22.3. The molecule has 0 bridgehead atoms. The van der Waals surface area contributed by atoms with E-state index in [1.807, 2.05) is 94.5 Å². The third-order valence-electron chi connectivity index (χ3n) is 5.98. The van der Waals surface area contributed by atoms with Crippen molar-refractivity contribution in [1.29, 1.82) is 0 Å². The monoisotopic (exact) mass is 438 g/mol. The van der Waals surface area contributed by atoms with E-state index in [0.717, 1.165) is 41.6 Å². The van der Waals surface area contributed by atoms with E-state index in [-0.39, 0.29) is 5.91 Å². The molecule has 1 saturated heterocycles. The molecule has 33 heavy (non-hydrogen) atoms. The highest BCUT2D eigenvalue weighted by molar-refractivity contribution is 5.93. The number of hydrogen-bond acceptors (Lipinski definition) is 4. The first-order chi connectivity index (χ1) is 16.2. The molecular weight excluding hydrogens is 412 g/mol. The molecule has 0 saturated carbocycles. The molecule has 1 aromatic heterocycles. The Hall–Kier alpha value is -4.06. The van der Waals surface area contributed by atoms with Gasteiger partial charge in [-0.3, -0.25) is 9.36 Å². The van der Waals surface area contributed by atoms with Gasteiger partial charge in [0.1, 0.15) is 17.3 Å². The molecule has 1 amide bonds. The van der Waals surface area contributed by atoms with Crippen molar-refractivity contribution >= 4 is 11.6 Å². The highest BCUT2D eigenvalue weighted by Gasteiger charge is 2.26. The summed E-state index contributed by atoms with van der Waals surface area (Å²) in [5, 5.41) is 0. The largest absolute Gasteiger partial charge is 0.495 e. The number of para-hydroxylation sites is 3. The predicted molar refractivity (Wildman–Crippen MR) is 130 cm³/mol. The van der Waals surface area contributed by atoms with Crippen LogP contribution in [0.1, 0.15) is 10.5 Å². The lowest BCUT2D eigenvalue weighted by atomic mass is 10.2. The van der Waals surface area contributed by atoms with Gasteiger partial charge < -0.3 is 14.5 Å². The molecule has 0 radical (unpaired) electrons. The number of piperazine rings is 1. The number of rotatable bonds is 5. The Morgan fingerprint density at radius 2 is 1.45 bits per heavy atom. The summed E-state index contributed by atoms with van der Waals surface area (Å²) in [7, 11) is 1.69. The molecule has 1 fully saturated rings. The van der Waals surface area contributed by atoms with E-state index in [2.05, 4.69) is 11.0 Å². The summed E-state index contributed by atoms with van der Waals surface area (Å²) < 4.78 is 7.50. The summed E-state index contributed by atoms with van der Waals surface area (Å²) in [6.45, 7) is 2.76. The van der Waals surface area contributed by atoms with Crippen LogP contribution >= 0.6 is 0 Å². The highest BCUT2D eigenvalue weighted by atomic mass is 16.5. The van der Waals surface area contributed by atoms with Gasteiger partial charge in [-0.25, -0.2) is 4.98 Å². The topological polar surface area (TPSA) is 50.6 Å². The molecule has 1 aliphatic rings. The fourth-order valence-electron chi connectivity index (χ4n) is 4.26. The Bertz CT molecular complexity index is 1170. The molecular formula is C27H26N4O2. The molecule has 4 aromatic rings. The van der Waals surface area contributed by atoms with E-state index >= 15 is 0 Å².